The number of hydrogen-bond donors (Lipinski definition) is 0. The zero-order valence-electron chi connectivity index (χ0n) is 5.75. The van der Waals surface area contributed by atoms with Crippen LogP contribution < -0.4 is 0 Å². The van der Waals surface area contributed by atoms with E-state index in [-0.39, 0.29) is 12.8 Å². The maximum absolute atomic E-state index is 11.4. The molecule has 0 saturated carbocycles. The number of carbonyl (C=O) groups is 1. The summed E-state index contributed by atoms with van der Waals surface area (Å²) in [6, 6.07) is -1.55. The first kappa shape index (κ1) is 10.4. The summed E-state index contributed by atoms with van der Waals surface area (Å²) in [5, 5.41) is 0. The van der Waals surface area contributed by atoms with E-state index in [1.807, 2.05) is 0 Å². The Morgan fingerprint density at radius 1 is 1.18 bits per heavy atom. The van der Waals surface area contributed by atoms with Gasteiger partial charge in [0.1, 0.15) is 0 Å². The van der Waals surface area contributed by atoms with Crippen LogP contribution in [0.2, 0.25) is 0 Å². The van der Waals surface area contributed by atoms with Crippen LogP contribution in [0.3, 0.4) is 0 Å². The van der Waals surface area contributed by atoms with Gasteiger partial charge in [-0.3, -0.25) is 4.79 Å². The van der Waals surface area contributed by atoms with Crippen molar-refractivity contribution < 1.29 is 22.4 Å². The van der Waals surface area contributed by atoms with Crippen LogP contribution in [0.25, 0.3) is 0 Å². The fraction of sp³-hybridized carbons (Fsp3) is 0.833. The van der Waals surface area contributed by atoms with Gasteiger partial charge in [0.2, 0.25) is 0 Å². The van der Waals surface area contributed by atoms with E-state index in [1.54, 1.807) is 0 Å². The predicted molar refractivity (Wildman–Crippen MR) is 30.6 cm³/mol. The maximum Gasteiger partial charge on any atom is 0.389 e. The third-order valence-electron chi connectivity index (χ3n) is 1.08. The molecular weight excluding hydrogens is 164 g/mol. The van der Waals surface area contributed by atoms with Crippen molar-refractivity contribution in [2.45, 2.75) is 31.9 Å². The quantitative estimate of drug-likeness (QED) is 0.362. The predicted octanol–water partition coefficient (Wildman–Crippen LogP) is 2.61. The van der Waals surface area contributed by atoms with E-state index in [1.165, 1.54) is 0 Å². The minimum Gasteiger partial charge on any atom is -0.261 e. The largest absolute Gasteiger partial charge is 0.389 e. The average molecular weight is 172 g/mol. The van der Waals surface area contributed by atoms with Gasteiger partial charge < -0.3 is 0 Å². The summed E-state index contributed by atoms with van der Waals surface area (Å²) in [6.45, 7) is 0. The van der Waals surface area contributed by atoms with Gasteiger partial charge >= 0.3 is 12.2 Å². The first-order chi connectivity index (χ1) is 4.92. The third kappa shape index (κ3) is 9.39. The average Bonchev–Trinajstić information content (AvgIpc) is 1.78. The second-order valence-corrected chi connectivity index (χ2v) is 2.18. The number of hydrogen-bond acceptors (Lipinski definition) is 1. The second-order valence-electron chi connectivity index (χ2n) is 2.18. The van der Waals surface area contributed by atoms with Crippen LogP contribution >= 0.6 is 0 Å². The van der Waals surface area contributed by atoms with Crippen molar-refractivity contribution in [3.63, 3.8) is 0 Å². The lowest BCUT2D eigenvalue weighted by Crippen LogP contribution is -2.06. The van der Waals surface area contributed by atoms with Crippen LogP contribution in [0.1, 0.15) is 25.7 Å². The molecule has 11 heavy (non-hydrogen) atoms. The van der Waals surface area contributed by atoms with Gasteiger partial charge in [-0.25, -0.2) is 0 Å². The van der Waals surface area contributed by atoms with Crippen molar-refractivity contribution in [1.82, 2.24) is 0 Å². The lowest BCUT2D eigenvalue weighted by molar-refractivity contribution is -0.137. The second kappa shape index (κ2) is 4.31. The van der Waals surface area contributed by atoms with E-state index in [0.717, 1.165) is 0 Å². The molecule has 0 aliphatic rings. The van der Waals surface area contributed by atoms with Crippen LogP contribution in [0, 0.1) is 0 Å². The topological polar surface area (TPSA) is 17.1 Å². The normalized spacial score (nSPS) is 11.6. The molecule has 0 fully saturated rings. The summed E-state index contributed by atoms with van der Waals surface area (Å²) in [4.78, 5) is 9.62. The summed E-state index contributed by atoms with van der Waals surface area (Å²) >= 11 is 0. The van der Waals surface area contributed by atoms with E-state index in [9.17, 15) is 22.4 Å². The smallest absolute Gasteiger partial charge is 0.261 e. The van der Waals surface area contributed by atoms with Crippen molar-refractivity contribution in [1.29, 1.82) is 0 Å². The molecule has 0 bridgehead atoms. The van der Waals surface area contributed by atoms with Gasteiger partial charge in [-0.05, 0) is 12.8 Å². The van der Waals surface area contributed by atoms with Crippen molar-refractivity contribution in [2.75, 3.05) is 0 Å². The standard InChI is InChI=1S/C6H8F4O/c7-5(11)3-1-2-4-6(8,9)10/h1-4H2. The highest BCUT2D eigenvalue weighted by Crippen LogP contribution is 2.22. The SMILES string of the molecule is O=C(F)CCCCC(F)(F)F. The molecule has 0 heterocycles. The molecule has 0 unspecified atom stereocenters. The van der Waals surface area contributed by atoms with Crippen molar-refractivity contribution in [2.24, 2.45) is 0 Å². The van der Waals surface area contributed by atoms with Crippen LogP contribution in [-0.2, 0) is 4.79 Å². The Morgan fingerprint density at radius 2 is 1.73 bits per heavy atom. The Bertz CT molecular complexity index is 129. The molecule has 0 aliphatic heterocycles. The molecule has 0 N–H and O–H groups in total. The van der Waals surface area contributed by atoms with Crippen LogP contribution in [0.15, 0.2) is 0 Å². The van der Waals surface area contributed by atoms with Crippen LogP contribution in [0.5, 0.6) is 0 Å². The molecule has 0 saturated heterocycles. The summed E-state index contributed by atoms with van der Waals surface area (Å²) in [6.07, 6.45) is -5.76. The monoisotopic (exact) mass is 172 g/mol. The third-order valence-corrected chi connectivity index (χ3v) is 1.08. The molecule has 1 nitrogen and oxygen atoms in total. The molecule has 0 aromatic rings. The van der Waals surface area contributed by atoms with Gasteiger partial charge in [-0.15, -0.1) is 0 Å². The van der Waals surface area contributed by atoms with E-state index >= 15 is 0 Å². The Morgan fingerprint density at radius 3 is 2.09 bits per heavy atom. The van der Waals surface area contributed by atoms with Gasteiger partial charge in [0.05, 0.1) is 0 Å². The van der Waals surface area contributed by atoms with Crippen LogP contribution in [-0.4, -0.2) is 12.2 Å². The molecule has 66 valence electrons. The van der Waals surface area contributed by atoms with Gasteiger partial charge in [0.15, 0.2) is 0 Å². The Balaban J connectivity index is 3.22. The highest BCUT2D eigenvalue weighted by molar-refractivity contribution is 5.67. The molecule has 0 aromatic carbocycles. The Hall–Kier alpha value is -0.610. The molecule has 0 aromatic heterocycles. The lowest BCUT2D eigenvalue weighted by Gasteiger charge is -2.03. The Kier molecular flexibility index (Phi) is 4.07. The van der Waals surface area contributed by atoms with Gasteiger partial charge in [0, 0.05) is 12.8 Å². The zero-order valence-corrected chi connectivity index (χ0v) is 5.75. The first-order valence-corrected chi connectivity index (χ1v) is 3.17. The fourth-order valence-corrected chi connectivity index (χ4v) is 0.589. The lowest BCUT2D eigenvalue weighted by atomic mass is 10.2. The molecule has 5 heteroatoms. The van der Waals surface area contributed by atoms with E-state index < -0.39 is 25.1 Å². The minimum absolute atomic E-state index is 0.0329. The maximum atomic E-state index is 11.4. The van der Waals surface area contributed by atoms with E-state index in [4.69, 9.17) is 0 Å². The highest BCUT2D eigenvalue weighted by Gasteiger charge is 2.25. The van der Waals surface area contributed by atoms with Gasteiger partial charge in [-0.2, -0.15) is 17.6 Å². The summed E-state index contributed by atoms with van der Waals surface area (Å²) in [7, 11) is 0. The van der Waals surface area contributed by atoms with Crippen LogP contribution in [0.4, 0.5) is 17.6 Å². The molecule has 0 atom stereocenters. The summed E-state index contributed by atoms with van der Waals surface area (Å²) < 4.78 is 45.6. The summed E-state index contributed by atoms with van der Waals surface area (Å²) in [5.41, 5.74) is 0. The molecule has 0 aliphatic carbocycles. The number of halogens is 4. The highest BCUT2D eigenvalue weighted by atomic mass is 19.4. The number of carbonyl (C=O) groups excluding carboxylic acids is 1. The zero-order chi connectivity index (χ0) is 8.91. The van der Waals surface area contributed by atoms with Crippen molar-refractivity contribution >= 4 is 6.04 Å². The minimum atomic E-state index is -4.20. The molecule has 0 spiro atoms. The summed E-state index contributed by atoms with van der Waals surface area (Å²) in [5.74, 6) is 0. The van der Waals surface area contributed by atoms with Crippen molar-refractivity contribution in [3.8, 4) is 0 Å². The Labute approximate surface area is 61.4 Å². The number of alkyl halides is 3. The van der Waals surface area contributed by atoms with E-state index in [2.05, 4.69) is 0 Å². The fourth-order valence-electron chi connectivity index (χ4n) is 0.589. The van der Waals surface area contributed by atoms with Gasteiger partial charge in [-0.1, -0.05) is 0 Å². The van der Waals surface area contributed by atoms with Crippen molar-refractivity contribution in [3.05, 3.63) is 0 Å². The molecule has 0 amide bonds. The first-order valence-electron chi connectivity index (χ1n) is 3.17. The number of unbranched alkanes of at least 4 members (excludes halogenated alkanes) is 1. The van der Waals surface area contributed by atoms with Gasteiger partial charge in [0.25, 0.3) is 0 Å². The number of rotatable bonds is 4. The van der Waals surface area contributed by atoms with E-state index in [0.29, 0.717) is 0 Å². The molecule has 0 radical (unpaired) electrons. The molecular formula is C6H8F4O. The molecule has 0 rings (SSSR count).